The lowest BCUT2D eigenvalue weighted by Gasteiger charge is -2.36. The van der Waals surface area contributed by atoms with Crippen LogP contribution in [0.1, 0.15) is 38.5 Å². The third-order valence-corrected chi connectivity index (χ3v) is 8.87. The van der Waals surface area contributed by atoms with E-state index in [2.05, 4.69) is 24.0 Å². The zero-order valence-electron chi connectivity index (χ0n) is 23.8. The molecule has 4 aromatic carbocycles. The lowest BCUT2D eigenvalue weighted by atomic mass is 9.70. The van der Waals surface area contributed by atoms with Crippen LogP contribution in [0, 0.1) is 12.8 Å². The molecule has 3 atom stereocenters. The van der Waals surface area contributed by atoms with Crippen molar-refractivity contribution in [1.29, 1.82) is 0 Å². The fourth-order valence-electron chi connectivity index (χ4n) is 6.88. The van der Waals surface area contributed by atoms with E-state index in [-0.39, 0.29) is 17.6 Å². The number of fused-ring (bicyclic) bond motifs is 2. The van der Waals surface area contributed by atoms with Crippen molar-refractivity contribution in [3.8, 4) is 11.5 Å². The highest BCUT2D eigenvalue weighted by atomic mass is 16.5. The van der Waals surface area contributed by atoms with Crippen LogP contribution >= 0.6 is 0 Å². The molecule has 0 unspecified atom stereocenters. The first-order chi connectivity index (χ1) is 19.9. The van der Waals surface area contributed by atoms with Gasteiger partial charge in [-0.25, -0.2) is 0 Å². The fraction of sp³-hybridized carbons (Fsp3) is 0.257. The molecule has 1 spiro atoms. The highest BCUT2D eigenvalue weighted by molar-refractivity contribution is 6.13. The van der Waals surface area contributed by atoms with E-state index in [1.54, 1.807) is 14.2 Å². The van der Waals surface area contributed by atoms with Gasteiger partial charge in [0.1, 0.15) is 17.0 Å². The van der Waals surface area contributed by atoms with E-state index in [4.69, 9.17) is 9.47 Å². The Morgan fingerprint density at radius 2 is 1.61 bits per heavy atom. The highest BCUT2D eigenvalue weighted by Gasteiger charge is 2.66. The zero-order chi connectivity index (χ0) is 28.7. The number of amides is 1. The number of hydrogen-bond donors (Lipinski definition) is 0. The monoisotopic (exact) mass is 546 g/mol. The molecule has 1 amide bonds. The van der Waals surface area contributed by atoms with E-state index < -0.39 is 11.5 Å². The smallest absolute Gasteiger partial charge is 0.253 e. The van der Waals surface area contributed by atoms with Crippen molar-refractivity contribution in [3.63, 3.8) is 0 Å². The van der Waals surface area contributed by atoms with Crippen molar-refractivity contribution in [2.75, 3.05) is 32.7 Å². The molecule has 1 saturated heterocycles. The molecule has 2 heterocycles. The van der Waals surface area contributed by atoms with Crippen LogP contribution in [0.15, 0.2) is 97.1 Å². The maximum atomic E-state index is 15.0. The topological polar surface area (TPSA) is 59.1 Å². The molecule has 41 heavy (non-hydrogen) atoms. The number of aryl methyl sites for hydroxylation is 1. The van der Waals surface area contributed by atoms with Crippen molar-refractivity contribution in [2.45, 2.75) is 24.9 Å². The zero-order valence-corrected chi connectivity index (χ0v) is 23.8. The van der Waals surface area contributed by atoms with Gasteiger partial charge in [0.25, 0.3) is 5.91 Å². The normalized spacial score (nSPS) is 21.8. The highest BCUT2D eigenvalue weighted by Crippen LogP contribution is 2.58. The molecule has 2 aliphatic rings. The molecule has 4 aromatic rings. The molecule has 0 bridgehead atoms. The van der Waals surface area contributed by atoms with Crippen molar-refractivity contribution in [3.05, 3.63) is 125 Å². The van der Waals surface area contributed by atoms with Crippen LogP contribution in [0.2, 0.25) is 0 Å². The molecule has 6 heteroatoms. The number of rotatable bonds is 7. The number of methoxy groups -OCH3 is 2. The lowest BCUT2D eigenvalue weighted by molar-refractivity contribution is -0.129. The first kappa shape index (κ1) is 26.8. The van der Waals surface area contributed by atoms with Crippen LogP contribution in [-0.4, -0.2) is 44.4 Å². The Balaban J connectivity index is 1.56. The predicted molar refractivity (Wildman–Crippen MR) is 160 cm³/mol. The SMILES string of the molecule is COc1ccc([C@@H]2CN(C)[C@@]3(C(=O)N(Cc4ccccc4C)c4ccccc43)[C@H]2C(=O)c2ccccc2)c(OC)c1. The minimum Gasteiger partial charge on any atom is -0.497 e. The van der Waals surface area contributed by atoms with Gasteiger partial charge < -0.3 is 14.4 Å². The van der Waals surface area contributed by atoms with Gasteiger partial charge in [0, 0.05) is 35.3 Å². The number of carbonyl (C=O) groups is 2. The van der Waals surface area contributed by atoms with Gasteiger partial charge in [-0.3, -0.25) is 14.5 Å². The standard InChI is InChI=1S/C35H34N2O4/c1-23-12-8-9-15-25(23)21-37-30-17-11-10-16-29(30)35(34(37)39)32(33(38)24-13-6-5-7-14-24)28(22-36(35)2)27-19-18-26(40-3)20-31(27)41-4/h5-20,28,32H,21-22H2,1-4H3/t28-,32+,35+/m0/s1. The summed E-state index contributed by atoms with van der Waals surface area (Å²) in [6.45, 7) is 3.00. The van der Waals surface area contributed by atoms with Gasteiger partial charge in [-0.05, 0) is 42.8 Å². The second-order valence-electron chi connectivity index (χ2n) is 10.9. The average Bonchev–Trinajstić information content (AvgIpc) is 3.45. The van der Waals surface area contributed by atoms with Crippen molar-refractivity contribution < 1.29 is 19.1 Å². The number of ether oxygens (including phenoxy) is 2. The van der Waals surface area contributed by atoms with E-state index >= 15 is 0 Å². The molecule has 6 nitrogen and oxygen atoms in total. The second-order valence-corrected chi connectivity index (χ2v) is 10.9. The number of nitrogens with zero attached hydrogens (tertiary/aromatic N) is 2. The number of likely N-dealkylation sites (tertiary alicyclic amines) is 1. The Kier molecular flexibility index (Phi) is 6.88. The number of hydrogen-bond acceptors (Lipinski definition) is 5. The molecule has 208 valence electrons. The molecule has 0 aliphatic carbocycles. The molecule has 0 N–H and O–H groups in total. The van der Waals surface area contributed by atoms with E-state index in [1.807, 2.05) is 96.9 Å². The van der Waals surface area contributed by atoms with Crippen LogP contribution in [0.3, 0.4) is 0 Å². The van der Waals surface area contributed by atoms with Gasteiger partial charge in [0.05, 0.1) is 26.7 Å². The van der Waals surface area contributed by atoms with Crippen LogP contribution < -0.4 is 14.4 Å². The second kappa shape index (κ2) is 10.5. The van der Waals surface area contributed by atoms with E-state index in [1.165, 1.54) is 0 Å². The third kappa shape index (κ3) is 4.13. The molecule has 2 aliphatic heterocycles. The Morgan fingerprint density at radius 3 is 2.34 bits per heavy atom. The van der Waals surface area contributed by atoms with E-state index in [9.17, 15) is 9.59 Å². The van der Waals surface area contributed by atoms with E-state index in [0.717, 1.165) is 27.9 Å². The average molecular weight is 547 g/mol. The van der Waals surface area contributed by atoms with Crippen molar-refractivity contribution in [1.82, 2.24) is 4.90 Å². The van der Waals surface area contributed by atoms with Crippen molar-refractivity contribution in [2.24, 2.45) is 5.92 Å². The number of likely N-dealkylation sites (N-methyl/N-ethyl adjacent to an activating group) is 1. The van der Waals surface area contributed by atoms with Crippen molar-refractivity contribution >= 4 is 17.4 Å². The summed E-state index contributed by atoms with van der Waals surface area (Å²) in [6, 6.07) is 31.1. The van der Waals surface area contributed by atoms with Crippen LogP contribution in [0.5, 0.6) is 11.5 Å². The first-order valence-corrected chi connectivity index (χ1v) is 13.9. The van der Waals surface area contributed by atoms with E-state index in [0.29, 0.717) is 30.2 Å². The fourth-order valence-corrected chi connectivity index (χ4v) is 6.88. The maximum Gasteiger partial charge on any atom is 0.253 e. The molecular weight excluding hydrogens is 512 g/mol. The summed E-state index contributed by atoms with van der Waals surface area (Å²) in [5, 5.41) is 0. The molecule has 1 fully saturated rings. The molecule has 0 saturated carbocycles. The van der Waals surface area contributed by atoms with Gasteiger partial charge in [-0.15, -0.1) is 0 Å². The third-order valence-electron chi connectivity index (χ3n) is 8.87. The number of benzene rings is 4. The van der Waals surface area contributed by atoms with Crippen LogP contribution in [0.4, 0.5) is 5.69 Å². The summed E-state index contributed by atoms with van der Waals surface area (Å²) in [4.78, 5) is 33.6. The van der Waals surface area contributed by atoms with Gasteiger partial charge in [0.15, 0.2) is 5.78 Å². The molecule has 0 radical (unpaired) electrons. The summed E-state index contributed by atoms with van der Waals surface area (Å²) >= 11 is 0. The lowest BCUT2D eigenvalue weighted by Crippen LogP contribution is -2.53. The molecule has 6 rings (SSSR count). The molecule has 0 aromatic heterocycles. The maximum absolute atomic E-state index is 15.0. The minimum atomic E-state index is -1.18. The summed E-state index contributed by atoms with van der Waals surface area (Å²) in [5.74, 6) is 0.189. The van der Waals surface area contributed by atoms with Gasteiger partial charge >= 0.3 is 0 Å². The van der Waals surface area contributed by atoms with Gasteiger partial charge in [0.2, 0.25) is 0 Å². The minimum absolute atomic E-state index is 0.0567. The number of carbonyl (C=O) groups excluding carboxylic acids is 2. The Morgan fingerprint density at radius 1 is 0.902 bits per heavy atom. The largest absolute Gasteiger partial charge is 0.497 e. The van der Waals surface area contributed by atoms with Crippen LogP contribution in [0.25, 0.3) is 0 Å². The summed E-state index contributed by atoms with van der Waals surface area (Å²) in [7, 11) is 5.21. The summed E-state index contributed by atoms with van der Waals surface area (Å²) < 4.78 is 11.3. The Bertz CT molecular complexity index is 1620. The Labute approximate surface area is 241 Å². The van der Waals surface area contributed by atoms with Gasteiger partial charge in [-0.1, -0.05) is 78.9 Å². The van der Waals surface area contributed by atoms with Gasteiger partial charge in [-0.2, -0.15) is 0 Å². The summed E-state index contributed by atoms with van der Waals surface area (Å²) in [6.07, 6.45) is 0. The first-order valence-electron chi connectivity index (χ1n) is 13.9. The number of anilines is 1. The number of Topliss-reactive ketones (excluding diaryl/α,β-unsaturated/α-hetero) is 1. The predicted octanol–water partition coefficient (Wildman–Crippen LogP) is 5.98. The quantitative estimate of drug-likeness (QED) is 0.267. The number of para-hydroxylation sites is 1. The summed E-state index contributed by atoms with van der Waals surface area (Å²) in [5.41, 5.74) is 4.21. The number of ketones is 1. The Hall–Kier alpha value is -4.42. The van der Waals surface area contributed by atoms with Crippen LogP contribution in [-0.2, 0) is 16.9 Å². The molecular formula is C35H34N2O4.